The molecule has 166 valence electrons. The summed E-state index contributed by atoms with van der Waals surface area (Å²) in [5.41, 5.74) is 4.89. The van der Waals surface area contributed by atoms with Gasteiger partial charge in [0.2, 0.25) is 0 Å². The number of methoxy groups -OCH3 is 1. The van der Waals surface area contributed by atoms with Gasteiger partial charge in [-0.05, 0) is 59.7 Å². The van der Waals surface area contributed by atoms with Crippen LogP contribution >= 0.6 is 39.1 Å². The highest BCUT2D eigenvalue weighted by molar-refractivity contribution is 9.10. The van der Waals surface area contributed by atoms with Crippen LogP contribution in [0.4, 0.5) is 5.69 Å². The summed E-state index contributed by atoms with van der Waals surface area (Å²) in [5.74, 6) is 0.588. The lowest BCUT2D eigenvalue weighted by molar-refractivity contribution is -0.119. The summed E-state index contributed by atoms with van der Waals surface area (Å²) in [5, 5.41) is 8.01. The maximum Gasteiger partial charge on any atom is 0.259 e. The van der Waals surface area contributed by atoms with Crippen molar-refractivity contribution in [3.8, 4) is 11.5 Å². The van der Waals surface area contributed by atoms with Crippen molar-refractivity contribution in [2.75, 3.05) is 19.0 Å². The standard InChI is InChI=1S/C23H20BrCl2N3O3/c1-31-21-11-16(10-20(26)23(21)32-14-15-2-6-18(25)7-3-15)12-28-29-22(30)13-27-19-8-4-17(24)5-9-19/h2-12,27H,13-14H2,1H3,(H,29,30)/b28-12-. The van der Waals surface area contributed by atoms with Gasteiger partial charge in [0.15, 0.2) is 11.5 Å². The van der Waals surface area contributed by atoms with E-state index < -0.39 is 0 Å². The number of carbonyl (C=O) groups excluding carboxylic acids is 1. The molecule has 9 heteroatoms. The molecular formula is C23H20BrCl2N3O3. The molecular weight excluding hydrogens is 517 g/mol. The number of anilines is 1. The van der Waals surface area contributed by atoms with Crippen LogP contribution in [-0.4, -0.2) is 25.8 Å². The van der Waals surface area contributed by atoms with Crippen LogP contribution in [0.25, 0.3) is 0 Å². The van der Waals surface area contributed by atoms with Crippen LogP contribution in [0.15, 0.2) is 70.2 Å². The van der Waals surface area contributed by atoms with Gasteiger partial charge in [0, 0.05) is 15.2 Å². The first-order chi connectivity index (χ1) is 15.4. The summed E-state index contributed by atoms with van der Waals surface area (Å²) in [4.78, 5) is 12.0. The summed E-state index contributed by atoms with van der Waals surface area (Å²) < 4.78 is 12.2. The van der Waals surface area contributed by atoms with Crippen molar-refractivity contribution >= 4 is 56.9 Å². The molecule has 0 fully saturated rings. The van der Waals surface area contributed by atoms with Crippen molar-refractivity contribution in [2.45, 2.75) is 6.61 Å². The summed E-state index contributed by atoms with van der Waals surface area (Å²) >= 11 is 15.7. The Bertz CT molecular complexity index is 1090. The Morgan fingerprint density at radius 3 is 2.50 bits per heavy atom. The third-order valence-corrected chi connectivity index (χ3v) is 5.31. The maximum absolute atomic E-state index is 12.0. The third kappa shape index (κ3) is 7.15. The minimum absolute atomic E-state index is 0.0839. The van der Waals surface area contributed by atoms with Gasteiger partial charge in [-0.1, -0.05) is 51.3 Å². The van der Waals surface area contributed by atoms with Gasteiger partial charge in [-0.15, -0.1) is 0 Å². The highest BCUT2D eigenvalue weighted by Gasteiger charge is 2.12. The number of hydrogen-bond donors (Lipinski definition) is 2. The summed E-state index contributed by atoms with van der Waals surface area (Å²) in [6.07, 6.45) is 1.48. The molecule has 0 saturated heterocycles. The first-order valence-corrected chi connectivity index (χ1v) is 11.1. The van der Waals surface area contributed by atoms with E-state index in [1.165, 1.54) is 13.3 Å². The summed E-state index contributed by atoms with van der Waals surface area (Å²) in [6.45, 7) is 0.392. The molecule has 0 atom stereocenters. The third-order valence-electron chi connectivity index (χ3n) is 4.25. The zero-order valence-electron chi connectivity index (χ0n) is 17.1. The molecule has 0 aliphatic heterocycles. The second-order valence-electron chi connectivity index (χ2n) is 6.60. The van der Waals surface area contributed by atoms with Crippen LogP contribution < -0.4 is 20.2 Å². The second kappa shape index (κ2) is 11.8. The molecule has 32 heavy (non-hydrogen) atoms. The van der Waals surface area contributed by atoms with Crippen molar-refractivity contribution in [3.63, 3.8) is 0 Å². The molecule has 6 nitrogen and oxygen atoms in total. The Labute approximate surface area is 204 Å². The molecule has 0 unspecified atom stereocenters. The van der Waals surface area contributed by atoms with Gasteiger partial charge in [0.05, 0.1) is 24.9 Å². The van der Waals surface area contributed by atoms with E-state index >= 15 is 0 Å². The number of hydrazone groups is 1. The molecule has 0 heterocycles. The molecule has 0 aliphatic carbocycles. The Hall–Kier alpha value is -2.74. The topological polar surface area (TPSA) is 72.0 Å². The van der Waals surface area contributed by atoms with Crippen molar-refractivity contribution < 1.29 is 14.3 Å². The van der Waals surface area contributed by atoms with E-state index in [2.05, 4.69) is 31.8 Å². The van der Waals surface area contributed by atoms with Crippen molar-refractivity contribution in [1.82, 2.24) is 5.43 Å². The summed E-state index contributed by atoms with van der Waals surface area (Å²) in [7, 11) is 1.53. The van der Waals surface area contributed by atoms with Crippen LogP contribution in [-0.2, 0) is 11.4 Å². The molecule has 0 saturated carbocycles. The quantitative estimate of drug-likeness (QED) is 0.263. The van der Waals surface area contributed by atoms with Gasteiger partial charge in [0.1, 0.15) is 6.61 Å². The number of ether oxygens (including phenoxy) is 2. The van der Waals surface area contributed by atoms with Crippen molar-refractivity contribution in [1.29, 1.82) is 0 Å². The van der Waals surface area contributed by atoms with Crippen LogP contribution in [0, 0.1) is 0 Å². The molecule has 1 amide bonds. The molecule has 0 aromatic heterocycles. The number of hydrogen-bond acceptors (Lipinski definition) is 5. The zero-order valence-corrected chi connectivity index (χ0v) is 20.2. The number of rotatable bonds is 9. The van der Waals surface area contributed by atoms with Crippen LogP contribution in [0.5, 0.6) is 11.5 Å². The Balaban J connectivity index is 1.57. The second-order valence-corrected chi connectivity index (χ2v) is 8.36. The molecule has 3 aromatic rings. The minimum Gasteiger partial charge on any atom is -0.493 e. The highest BCUT2D eigenvalue weighted by atomic mass is 79.9. The lowest BCUT2D eigenvalue weighted by Gasteiger charge is -2.13. The van der Waals surface area contributed by atoms with E-state index in [0.717, 1.165) is 15.7 Å². The maximum atomic E-state index is 12.0. The molecule has 3 aromatic carbocycles. The number of nitrogens with one attached hydrogen (secondary N) is 2. The predicted octanol–water partition coefficient (Wildman–Crippen LogP) is 5.91. The molecule has 0 aliphatic rings. The Kier molecular flexibility index (Phi) is 8.79. The van der Waals surface area contributed by atoms with Gasteiger partial charge in [-0.3, -0.25) is 4.79 Å². The van der Waals surface area contributed by atoms with Gasteiger partial charge >= 0.3 is 0 Å². The highest BCUT2D eigenvalue weighted by Crippen LogP contribution is 2.36. The molecule has 2 N–H and O–H groups in total. The first kappa shape index (κ1) is 23.9. The van der Waals surface area contributed by atoms with E-state index in [1.807, 2.05) is 36.4 Å². The fourth-order valence-corrected chi connectivity index (χ4v) is 3.32. The molecule has 0 spiro atoms. The van der Waals surface area contributed by atoms with Crippen molar-refractivity contribution in [3.05, 3.63) is 86.3 Å². The van der Waals surface area contributed by atoms with E-state index in [-0.39, 0.29) is 12.5 Å². The van der Waals surface area contributed by atoms with Gasteiger partial charge in [0.25, 0.3) is 5.91 Å². The smallest absolute Gasteiger partial charge is 0.259 e. The fourth-order valence-electron chi connectivity index (χ4n) is 2.66. The average Bonchev–Trinajstić information content (AvgIpc) is 2.79. The average molecular weight is 537 g/mol. The molecule has 3 rings (SSSR count). The number of halogens is 3. The Morgan fingerprint density at radius 1 is 1.09 bits per heavy atom. The van der Waals surface area contributed by atoms with Gasteiger partial charge in [-0.25, -0.2) is 5.43 Å². The number of amides is 1. The van der Waals surface area contributed by atoms with Crippen LogP contribution in [0.1, 0.15) is 11.1 Å². The predicted molar refractivity (Wildman–Crippen MR) is 132 cm³/mol. The normalized spacial score (nSPS) is 10.8. The number of nitrogens with zero attached hydrogens (tertiary/aromatic N) is 1. The van der Waals surface area contributed by atoms with Crippen molar-refractivity contribution in [2.24, 2.45) is 5.10 Å². The van der Waals surface area contributed by atoms with E-state index in [1.54, 1.807) is 24.3 Å². The largest absolute Gasteiger partial charge is 0.493 e. The lowest BCUT2D eigenvalue weighted by atomic mass is 10.2. The number of carbonyl (C=O) groups is 1. The monoisotopic (exact) mass is 535 g/mol. The first-order valence-electron chi connectivity index (χ1n) is 9.50. The fraction of sp³-hybridized carbons (Fsp3) is 0.130. The van der Waals surface area contributed by atoms with Crippen LogP contribution in [0.3, 0.4) is 0 Å². The van der Waals surface area contributed by atoms with Crippen LogP contribution in [0.2, 0.25) is 10.0 Å². The van der Waals surface area contributed by atoms with E-state index in [0.29, 0.717) is 33.7 Å². The minimum atomic E-state index is -0.287. The van der Waals surface area contributed by atoms with E-state index in [4.69, 9.17) is 32.7 Å². The van der Waals surface area contributed by atoms with E-state index in [9.17, 15) is 4.79 Å². The van der Waals surface area contributed by atoms with Gasteiger partial charge < -0.3 is 14.8 Å². The molecule has 0 bridgehead atoms. The zero-order chi connectivity index (χ0) is 22.9. The number of benzene rings is 3. The molecule has 0 radical (unpaired) electrons. The summed E-state index contributed by atoms with van der Waals surface area (Å²) in [6, 6.07) is 18.2. The van der Waals surface area contributed by atoms with Gasteiger partial charge in [-0.2, -0.15) is 5.10 Å². The lowest BCUT2D eigenvalue weighted by Crippen LogP contribution is -2.25. The SMILES string of the molecule is COc1cc(/C=N\NC(=O)CNc2ccc(Br)cc2)cc(Cl)c1OCc1ccc(Cl)cc1. The Morgan fingerprint density at radius 2 is 1.81 bits per heavy atom.